The molecule has 1 N–H and O–H groups in total. The molecular formula is C11H8O2. The summed E-state index contributed by atoms with van der Waals surface area (Å²) in [5.74, 6) is 1.30. The number of hydrogen-bond donors (Lipinski definition) is 1. The average molecular weight is 172 g/mol. The second-order valence-corrected chi connectivity index (χ2v) is 2.41. The molecule has 0 aliphatic heterocycles. The average Bonchev–Trinajstić information content (AvgIpc) is 2.15. The second kappa shape index (κ2) is 4.13. The Balaban J connectivity index is 3.07. The van der Waals surface area contributed by atoms with Crippen LogP contribution in [-0.2, 0) is 4.79 Å². The summed E-state index contributed by atoms with van der Waals surface area (Å²) in [5, 5.41) is 8.50. The summed E-state index contributed by atoms with van der Waals surface area (Å²) >= 11 is 0. The van der Waals surface area contributed by atoms with Gasteiger partial charge in [-0.3, -0.25) is 0 Å². The van der Waals surface area contributed by atoms with Crippen molar-refractivity contribution in [2.45, 2.75) is 0 Å². The molecule has 2 nitrogen and oxygen atoms in total. The van der Waals surface area contributed by atoms with Crippen molar-refractivity contribution >= 4 is 11.5 Å². The third kappa shape index (κ3) is 2.49. The Kier molecular flexibility index (Phi) is 2.88. The maximum Gasteiger partial charge on any atom is 0.329 e. The molecule has 0 bridgehead atoms. The van der Waals surface area contributed by atoms with Crippen LogP contribution in [-0.4, -0.2) is 11.1 Å². The zero-order valence-corrected chi connectivity index (χ0v) is 6.90. The lowest BCUT2D eigenvalue weighted by atomic mass is 10.1. The summed E-state index contributed by atoms with van der Waals surface area (Å²) in [6.07, 6.45) is 6.19. The summed E-state index contributed by atoms with van der Waals surface area (Å²) in [4.78, 5) is 10.4. The minimum atomic E-state index is -1.03. The largest absolute Gasteiger partial charge is 0.478 e. The van der Waals surface area contributed by atoms with E-state index in [0.29, 0.717) is 5.57 Å². The van der Waals surface area contributed by atoms with Crippen LogP contribution in [0.15, 0.2) is 36.4 Å². The minimum absolute atomic E-state index is 0.383. The van der Waals surface area contributed by atoms with Gasteiger partial charge in [-0.2, -0.15) is 0 Å². The lowest BCUT2D eigenvalue weighted by Crippen LogP contribution is -1.90. The van der Waals surface area contributed by atoms with E-state index in [1.807, 2.05) is 18.2 Å². The fourth-order valence-electron chi connectivity index (χ4n) is 0.950. The zero-order chi connectivity index (χ0) is 9.68. The summed E-state index contributed by atoms with van der Waals surface area (Å²) in [5.41, 5.74) is 1.13. The van der Waals surface area contributed by atoms with Gasteiger partial charge in [0.25, 0.3) is 0 Å². The summed E-state index contributed by atoms with van der Waals surface area (Å²) in [7, 11) is 0. The number of carboxylic acids is 1. The van der Waals surface area contributed by atoms with E-state index in [-0.39, 0.29) is 0 Å². The van der Waals surface area contributed by atoms with Gasteiger partial charge in [0, 0.05) is 11.6 Å². The van der Waals surface area contributed by atoms with Crippen LogP contribution in [0.5, 0.6) is 0 Å². The molecule has 1 aromatic rings. The number of hydrogen-bond acceptors (Lipinski definition) is 1. The van der Waals surface area contributed by atoms with E-state index in [9.17, 15) is 4.79 Å². The minimum Gasteiger partial charge on any atom is -0.478 e. The smallest absolute Gasteiger partial charge is 0.329 e. The number of aliphatic carboxylic acids is 1. The van der Waals surface area contributed by atoms with E-state index < -0.39 is 5.97 Å². The van der Waals surface area contributed by atoms with Gasteiger partial charge in [0.2, 0.25) is 0 Å². The molecule has 0 saturated heterocycles. The van der Waals surface area contributed by atoms with Crippen molar-refractivity contribution in [3.05, 3.63) is 42.0 Å². The van der Waals surface area contributed by atoms with E-state index in [0.717, 1.165) is 11.6 Å². The van der Waals surface area contributed by atoms with Gasteiger partial charge in [-0.05, 0) is 5.56 Å². The molecule has 0 aromatic heterocycles. The van der Waals surface area contributed by atoms with Crippen molar-refractivity contribution in [2.75, 3.05) is 0 Å². The molecule has 0 unspecified atom stereocenters. The Morgan fingerprint density at radius 1 is 1.38 bits per heavy atom. The highest BCUT2D eigenvalue weighted by Gasteiger charge is 1.98. The van der Waals surface area contributed by atoms with Gasteiger partial charge in [0.15, 0.2) is 0 Å². The van der Waals surface area contributed by atoms with E-state index in [1.165, 1.54) is 0 Å². The lowest BCUT2D eigenvalue weighted by molar-refractivity contribution is -0.131. The third-order valence-corrected chi connectivity index (χ3v) is 1.51. The monoisotopic (exact) mass is 172 g/mol. The van der Waals surface area contributed by atoms with Crippen molar-refractivity contribution in [2.24, 2.45) is 0 Å². The van der Waals surface area contributed by atoms with Gasteiger partial charge in [0.1, 0.15) is 0 Å². The van der Waals surface area contributed by atoms with E-state index in [4.69, 9.17) is 11.5 Å². The van der Waals surface area contributed by atoms with Crippen molar-refractivity contribution in [1.82, 2.24) is 0 Å². The molecule has 0 aliphatic carbocycles. The molecule has 1 rings (SSSR count). The molecule has 0 heterocycles. The maximum absolute atomic E-state index is 10.4. The molecule has 0 spiro atoms. The summed E-state index contributed by atoms with van der Waals surface area (Å²) in [6, 6.07) is 9.01. The van der Waals surface area contributed by atoms with Crippen molar-refractivity contribution in [3.8, 4) is 12.3 Å². The number of benzene rings is 1. The molecule has 0 fully saturated rings. The summed E-state index contributed by atoms with van der Waals surface area (Å²) in [6.45, 7) is 0. The Hall–Kier alpha value is -2.01. The van der Waals surface area contributed by atoms with Gasteiger partial charge in [-0.25, -0.2) is 4.79 Å². The fourth-order valence-corrected chi connectivity index (χ4v) is 0.950. The topological polar surface area (TPSA) is 37.3 Å². The summed E-state index contributed by atoms with van der Waals surface area (Å²) < 4.78 is 0. The number of allylic oxidation sites excluding steroid dienone is 1. The van der Waals surface area contributed by atoms with Crippen LogP contribution in [0.2, 0.25) is 0 Å². The first kappa shape index (κ1) is 9.08. The predicted octanol–water partition coefficient (Wildman–Crippen LogP) is 1.79. The van der Waals surface area contributed by atoms with Gasteiger partial charge in [-0.15, -0.1) is 6.42 Å². The van der Waals surface area contributed by atoms with Crippen LogP contribution in [0.1, 0.15) is 5.56 Å². The predicted molar refractivity (Wildman–Crippen MR) is 50.9 cm³/mol. The highest BCUT2D eigenvalue weighted by atomic mass is 16.4. The van der Waals surface area contributed by atoms with Crippen LogP contribution >= 0.6 is 0 Å². The molecule has 64 valence electrons. The van der Waals surface area contributed by atoms with Gasteiger partial charge < -0.3 is 5.11 Å². The molecule has 2 heteroatoms. The van der Waals surface area contributed by atoms with Gasteiger partial charge >= 0.3 is 5.97 Å². The number of rotatable bonds is 2. The van der Waals surface area contributed by atoms with Crippen molar-refractivity contribution < 1.29 is 9.90 Å². The Morgan fingerprint density at radius 2 is 2.00 bits per heavy atom. The molecule has 0 amide bonds. The second-order valence-electron chi connectivity index (χ2n) is 2.41. The fraction of sp³-hybridized carbons (Fsp3) is 0. The van der Waals surface area contributed by atoms with E-state index >= 15 is 0 Å². The van der Waals surface area contributed by atoms with Gasteiger partial charge in [-0.1, -0.05) is 36.3 Å². The first-order valence-electron chi connectivity index (χ1n) is 3.70. The van der Waals surface area contributed by atoms with Crippen LogP contribution < -0.4 is 0 Å². The molecular weight excluding hydrogens is 164 g/mol. The molecule has 0 saturated carbocycles. The Bertz CT molecular complexity index is 369. The first-order valence-corrected chi connectivity index (χ1v) is 3.70. The normalized spacial score (nSPS) is 10.5. The van der Waals surface area contributed by atoms with E-state index in [1.54, 1.807) is 12.1 Å². The maximum atomic E-state index is 10.4. The number of carboxylic acid groups (broad SMARTS) is 1. The van der Waals surface area contributed by atoms with Crippen molar-refractivity contribution in [3.63, 3.8) is 0 Å². The molecule has 0 atom stereocenters. The van der Waals surface area contributed by atoms with Crippen LogP contribution in [0.3, 0.4) is 0 Å². The van der Waals surface area contributed by atoms with E-state index in [2.05, 4.69) is 5.92 Å². The highest BCUT2D eigenvalue weighted by molar-refractivity contribution is 5.94. The highest BCUT2D eigenvalue weighted by Crippen LogP contribution is 2.11. The van der Waals surface area contributed by atoms with Crippen LogP contribution in [0.25, 0.3) is 5.57 Å². The third-order valence-electron chi connectivity index (χ3n) is 1.51. The molecule has 0 radical (unpaired) electrons. The number of carbonyl (C=O) groups is 1. The van der Waals surface area contributed by atoms with Crippen molar-refractivity contribution in [1.29, 1.82) is 0 Å². The Morgan fingerprint density at radius 3 is 2.46 bits per heavy atom. The molecule has 13 heavy (non-hydrogen) atoms. The zero-order valence-electron chi connectivity index (χ0n) is 6.90. The van der Waals surface area contributed by atoms with Crippen LogP contribution in [0.4, 0.5) is 0 Å². The SMILES string of the molecule is C#C/C(=C\C(=O)O)c1ccccc1. The Labute approximate surface area is 76.5 Å². The quantitative estimate of drug-likeness (QED) is 0.545. The first-order chi connectivity index (χ1) is 6.24. The molecule has 1 aromatic carbocycles. The molecule has 0 aliphatic rings. The van der Waals surface area contributed by atoms with Gasteiger partial charge in [0.05, 0.1) is 0 Å². The standard InChI is InChI=1S/C11H8O2/c1-2-9(8-11(12)13)10-6-4-3-5-7-10/h1,3-8H,(H,12,13)/b9-8+. The number of terminal acetylenes is 1. The lowest BCUT2D eigenvalue weighted by Gasteiger charge is -1.97. The van der Waals surface area contributed by atoms with Crippen LogP contribution in [0, 0.1) is 12.3 Å².